The van der Waals surface area contributed by atoms with Gasteiger partial charge in [0.1, 0.15) is 5.69 Å². The van der Waals surface area contributed by atoms with Crippen molar-refractivity contribution in [3.05, 3.63) is 52.0 Å². The molecule has 0 aliphatic carbocycles. The first kappa shape index (κ1) is 16.6. The molecule has 1 N–H and O–H groups in total. The summed E-state index contributed by atoms with van der Waals surface area (Å²) in [5.74, 6) is -1.53. The molecular weight excluding hydrogens is 324 g/mol. The summed E-state index contributed by atoms with van der Waals surface area (Å²) < 4.78 is 0. The number of benzene rings is 1. The van der Waals surface area contributed by atoms with Crippen molar-refractivity contribution in [1.29, 1.82) is 0 Å². The van der Waals surface area contributed by atoms with Gasteiger partial charge in [0.25, 0.3) is 5.91 Å². The number of hydrogen-bond acceptors (Lipinski definition) is 4. The van der Waals surface area contributed by atoms with Gasteiger partial charge >= 0.3 is 5.97 Å². The molecule has 2 atom stereocenters. The molecule has 5 nitrogen and oxygen atoms in total. The molecule has 0 bridgehead atoms. The van der Waals surface area contributed by atoms with E-state index in [1.54, 1.807) is 10.3 Å². The number of carboxylic acids is 1. The van der Waals surface area contributed by atoms with Crippen molar-refractivity contribution in [2.75, 3.05) is 13.1 Å². The maximum atomic E-state index is 12.7. The van der Waals surface area contributed by atoms with Crippen molar-refractivity contribution in [3.8, 4) is 0 Å². The van der Waals surface area contributed by atoms with Crippen LogP contribution in [-0.4, -0.2) is 40.0 Å². The molecule has 1 amide bonds. The summed E-state index contributed by atoms with van der Waals surface area (Å²) in [6.07, 6.45) is 0. The van der Waals surface area contributed by atoms with Gasteiger partial charge in [0, 0.05) is 30.3 Å². The molecule has 1 aliphatic rings. The minimum Gasteiger partial charge on any atom is -0.481 e. The lowest BCUT2D eigenvalue weighted by Crippen LogP contribution is -2.30. The van der Waals surface area contributed by atoms with Gasteiger partial charge in [0.2, 0.25) is 0 Å². The first-order chi connectivity index (χ1) is 11.5. The molecule has 1 fully saturated rings. The van der Waals surface area contributed by atoms with Crippen molar-refractivity contribution in [3.63, 3.8) is 0 Å². The first-order valence-corrected chi connectivity index (χ1v) is 8.87. The molecule has 3 rings (SSSR count). The zero-order valence-corrected chi connectivity index (χ0v) is 14.5. The van der Waals surface area contributed by atoms with Gasteiger partial charge in [-0.05, 0) is 5.56 Å². The number of aliphatic carboxylic acids is 1. The lowest BCUT2D eigenvalue weighted by Gasteiger charge is -2.15. The van der Waals surface area contributed by atoms with E-state index in [1.165, 1.54) is 11.3 Å². The predicted octanol–water partition coefficient (Wildman–Crippen LogP) is 3.21. The van der Waals surface area contributed by atoms with Crippen molar-refractivity contribution in [2.45, 2.75) is 25.7 Å². The molecule has 6 heteroatoms. The van der Waals surface area contributed by atoms with Gasteiger partial charge in [-0.15, -0.1) is 11.3 Å². The van der Waals surface area contributed by atoms with Gasteiger partial charge in [-0.3, -0.25) is 9.59 Å². The van der Waals surface area contributed by atoms with Gasteiger partial charge in [-0.25, -0.2) is 4.98 Å². The molecule has 0 saturated carbocycles. The van der Waals surface area contributed by atoms with Crippen molar-refractivity contribution < 1.29 is 14.7 Å². The van der Waals surface area contributed by atoms with Gasteiger partial charge in [0.15, 0.2) is 0 Å². The molecule has 0 unspecified atom stereocenters. The maximum absolute atomic E-state index is 12.7. The van der Waals surface area contributed by atoms with Crippen LogP contribution in [0.25, 0.3) is 0 Å². The van der Waals surface area contributed by atoms with Crippen molar-refractivity contribution >= 4 is 23.2 Å². The number of likely N-dealkylation sites (tertiary alicyclic amines) is 1. The Bertz CT molecular complexity index is 742. The Morgan fingerprint density at radius 3 is 2.54 bits per heavy atom. The fraction of sp³-hybridized carbons (Fsp3) is 0.389. The lowest BCUT2D eigenvalue weighted by atomic mass is 9.89. The highest BCUT2D eigenvalue weighted by Gasteiger charge is 2.41. The monoisotopic (exact) mass is 344 g/mol. The fourth-order valence-electron chi connectivity index (χ4n) is 3.07. The van der Waals surface area contributed by atoms with Gasteiger partial charge < -0.3 is 10.0 Å². The minimum atomic E-state index is -0.861. The molecule has 24 heavy (non-hydrogen) atoms. The Balaban J connectivity index is 1.82. The molecule has 0 radical (unpaired) electrons. The van der Waals surface area contributed by atoms with E-state index in [4.69, 9.17) is 0 Å². The van der Waals surface area contributed by atoms with Crippen LogP contribution in [0, 0.1) is 5.92 Å². The number of thiazole rings is 1. The summed E-state index contributed by atoms with van der Waals surface area (Å²) >= 11 is 1.47. The first-order valence-electron chi connectivity index (χ1n) is 7.99. The molecule has 1 aromatic heterocycles. The molecule has 1 saturated heterocycles. The third-order valence-corrected chi connectivity index (χ3v) is 5.53. The summed E-state index contributed by atoms with van der Waals surface area (Å²) in [5, 5.41) is 12.2. The summed E-state index contributed by atoms with van der Waals surface area (Å²) in [5.41, 5.74) is 1.38. The number of carbonyl (C=O) groups excluding carboxylic acids is 1. The normalized spacial score (nSPS) is 20.5. The molecule has 126 valence electrons. The van der Waals surface area contributed by atoms with E-state index in [0.717, 1.165) is 10.6 Å². The summed E-state index contributed by atoms with van der Waals surface area (Å²) in [4.78, 5) is 30.4. The fourth-order valence-corrected chi connectivity index (χ4v) is 3.88. The number of amides is 1. The number of hydrogen-bond donors (Lipinski definition) is 1. The van der Waals surface area contributed by atoms with E-state index in [0.29, 0.717) is 12.2 Å². The SMILES string of the molecule is CC(C)c1nc(C(=O)N2C[C@H](C(=O)O)[C@H](c3ccccc3)C2)cs1. The third-order valence-electron chi connectivity index (χ3n) is 4.39. The molecular formula is C18H20N2O3S. The Hall–Kier alpha value is -2.21. The Morgan fingerprint density at radius 2 is 1.96 bits per heavy atom. The second-order valence-electron chi connectivity index (χ2n) is 6.40. The Kier molecular flexibility index (Phi) is 4.66. The highest BCUT2D eigenvalue weighted by Crippen LogP contribution is 2.34. The average Bonchev–Trinajstić information content (AvgIpc) is 3.22. The second-order valence-corrected chi connectivity index (χ2v) is 7.29. The lowest BCUT2D eigenvalue weighted by molar-refractivity contribution is -0.141. The van der Waals surface area contributed by atoms with E-state index < -0.39 is 11.9 Å². The molecule has 2 aromatic rings. The van der Waals surface area contributed by atoms with E-state index in [9.17, 15) is 14.7 Å². The minimum absolute atomic E-state index is 0.178. The topological polar surface area (TPSA) is 70.5 Å². The quantitative estimate of drug-likeness (QED) is 0.924. The van der Waals surface area contributed by atoms with Gasteiger partial charge in [0.05, 0.1) is 10.9 Å². The molecule has 2 heterocycles. The standard InChI is InChI=1S/C18H20N2O3S/c1-11(2)16-19-15(10-24-16)17(21)20-8-13(14(9-20)18(22)23)12-6-4-3-5-7-12/h3-7,10-11,13-14H,8-9H2,1-2H3,(H,22,23)/t13-,14-/m0/s1. The van der Waals surface area contributed by atoms with Crippen LogP contribution in [0.4, 0.5) is 0 Å². The molecule has 1 aromatic carbocycles. The van der Waals surface area contributed by atoms with Crippen LogP contribution < -0.4 is 0 Å². The van der Waals surface area contributed by atoms with Crippen LogP contribution in [0.15, 0.2) is 35.7 Å². The van der Waals surface area contributed by atoms with Crippen LogP contribution in [-0.2, 0) is 4.79 Å². The zero-order chi connectivity index (χ0) is 17.3. The van der Waals surface area contributed by atoms with Crippen LogP contribution in [0.5, 0.6) is 0 Å². The zero-order valence-electron chi connectivity index (χ0n) is 13.7. The number of rotatable bonds is 4. The van der Waals surface area contributed by atoms with E-state index in [2.05, 4.69) is 4.98 Å². The molecule has 0 spiro atoms. The highest BCUT2D eigenvalue weighted by atomic mass is 32.1. The van der Waals surface area contributed by atoms with Crippen LogP contribution in [0.1, 0.15) is 46.7 Å². The maximum Gasteiger partial charge on any atom is 0.308 e. The van der Waals surface area contributed by atoms with Gasteiger partial charge in [-0.1, -0.05) is 44.2 Å². The number of carboxylic acid groups (broad SMARTS) is 1. The van der Waals surface area contributed by atoms with E-state index in [1.807, 2.05) is 44.2 Å². The average molecular weight is 344 g/mol. The van der Waals surface area contributed by atoms with Crippen LogP contribution >= 0.6 is 11.3 Å². The van der Waals surface area contributed by atoms with E-state index >= 15 is 0 Å². The second kappa shape index (κ2) is 6.73. The smallest absolute Gasteiger partial charge is 0.308 e. The van der Waals surface area contributed by atoms with Crippen molar-refractivity contribution in [2.24, 2.45) is 5.92 Å². The third kappa shape index (κ3) is 3.19. The summed E-state index contributed by atoms with van der Waals surface area (Å²) in [6, 6.07) is 9.55. The number of aromatic nitrogens is 1. The summed E-state index contributed by atoms with van der Waals surface area (Å²) in [6.45, 7) is 4.71. The largest absolute Gasteiger partial charge is 0.481 e. The van der Waals surface area contributed by atoms with E-state index in [-0.39, 0.29) is 24.3 Å². The van der Waals surface area contributed by atoms with Crippen LogP contribution in [0.3, 0.4) is 0 Å². The number of carbonyl (C=O) groups is 2. The highest BCUT2D eigenvalue weighted by molar-refractivity contribution is 7.09. The summed E-state index contributed by atoms with van der Waals surface area (Å²) in [7, 11) is 0. The van der Waals surface area contributed by atoms with Gasteiger partial charge in [-0.2, -0.15) is 0 Å². The van der Waals surface area contributed by atoms with Crippen LogP contribution in [0.2, 0.25) is 0 Å². The Morgan fingerprint density at radius 1 is 1.25 bits per heavy atom. The molecule has 1 aliphatic heterocycles. The predicted molar refractivity (Wildman–Crippen MR) is 92.4 cm³/mol. The number of nitrogens with zero attached hydrogens (tertiary/aromatic N) is 2. The van der Waals surface area contributed by atoms with Crippen molar-refractivity contribution in [1.82, 2.24) is 9.88 Å². The Labute approximate surface area is 145 Å².